The lowest BCUT2D eigenvalue weighted by Gasteiger charge is -2.10. The molecule has 98 valence electrons. The molecule has 0 radical (unpaired) electrons. The molecular formula is C12H8Br2N2OS2. The number of nitrogens with one attached hydrogen (secondary N) is 1. The van der Waals surface area contributed by atoms with E-state index >= 15 is 0 Å². The van der Waals surface area contributed by atoms with Crippen LogP contribution in [0.4, 0.5) is 5.69 Å². The first-order valence-corrected chi connectivity index (χ1v) is 8.00. The molecule has 0 saturated carbocycles. The number of carbonyl (C=O) groups is 1. The van der Waals surface area contributed by atoms with E-state index in [-0.39, 0.29) is 10.9 Å². The van der Waals surface area contributed by atoms with Crippen LogP contribution in [-0.2, 0) is 0 Å². The van der Waals surface area contributed by atoms with Crippen molar-refractivity contribution in [1.82, 2.24) is 0 Å². The van der Waals surface area contributed by atoms with Gasteiger partial charge >= 0.3 is 0 Å². The number of hydrogen-bond acceptors (Lipinski definition) is 3. The van der Waals surface area contributed by atoms with Crippen molar-refractivity contribution in [3.05, 3.63) is 49.0 Å². The highest BCUT2D eigenvalue weighted by atomic mass is 79.9. The Hall–Kier alpha value is -0.760. The lowest BCUT2D eigenvalue weighted by Crippen LogP contribution is -2.17. The number of thiophene rings is 1. The number of thiocarbonyl (C=S) groups is 1. The van der Waals surface area contributed by atoms with Crippen molar-refractivity contribution < 1.29 is 4.79 Å². The summed E-state index contributed by atoms with van der Waals surface area (Å²) in [6, 6.07) is 7.19. The van der Waals surface area contributed by atoms with E-state index in [4.69, 9.17) is 18.0 Å². The lowest BCUT2D eigenvalue weighted by atomic mass is 10.1. The van der Waals surface area contributed by atoms with Crippen LogP contribution in [0, 0.1) is 0 Å². The van der Waals surface area contributed by atoms with Gasteiger partial charge in [0.25, 0.3) is 5.91 Å². The van der Waals surface area contributed by atoms with E-state index in [0.29, 0.717) is 16.1 Å². The summed E-state index contributed by atoms with van der Waals surface area (Å²) in [6.07, 6.45) is 0. The summed E-state index contributed by atoms with van der Waals surface area (Å²) in [5.41, 5.74) is 6.88. The number of nitrogens with two attached hydrogens (primary N) is 1. The molecule has 1 amide bonds. The summed E-state index contributed by atoms with van der Waals surface area (Å²) < 4.78 is 1.61. The summed E-state index contributed by atoms with van der Waals surface area (Å²) in [7, 11) is 0. The summed E-state index contributed by atoms with van der Waals surface area (Å²) in [5.74, 6) is -0.197. The molecule has 0 aliphatic carbocycles. The molecule has 0 atom stereocenters. The third-order valence-electron chi connectivity index (χ3n) is 2.32. The fourth-order valence-electron chi connectivity index (χ4n) is 1.47. The second kappa shape index (κ2) is 6.13. The third-order valence-corrected chi connectivity index (χ3v) is 4.87. The first-order chi connectivity index (χ1) is 8.99. The molecule has 0 unspecified atom stereocenters. The summed E-state index contributed by atoms with van der Waals surface area (Å²) in [5, 5.41) is 4.66. The van der Waals surface area contributed by atoms with Crippen LogP contribution in [0.5, 0.6) is 0 Å². The molecule has 0 spiro atoms. The van der Waals surface area contributed by atoms with Crippen LogP contribution in [0.15, 0.2) is 38.6 Å². The van der Waals surface area contributed by atoms with Gasteiger partial charge in [-0.25, -0.2) is 0 Å². The van der Waals surface area contributed by atoms with E-state index in [0.717, 1.165) is 8.95 Å². The number of benzene rings is 1. The SMILES string of the molecule is NC(=S)c1ccc(Br)cc1NC(=O)c1sccc1Br. The van der Waals surface area contributed by atoms with Crippen LogP contribution < -0.4 is 11.1 Å². The molecular weight excluding hydrogens is 412 g/mol. The molecule has 0 aliphatic rings. The van der Waals surface area contributed by atoms with Gasteiger partial charge in [0.05, 0.1) is 5.69 Å². The smallest absolute Gasteiger partial charge is 0.266 e. The largest absolute Gasteiger partial charge is 0.389 e. The minimum absolute atomic E-state index is 0.197. The molecule has 3 N–H and O–H groups in total. The van der Waals surface area contributed by atoms with Crippen molar-refractivity contribution in [2.24, 2.45) is 5.73 Å². The molecule has 3 nitrogen and oxygen atoms in total. The zero-order valence-electron chi connectivity index (χ0n) is 9.44. The maximum absolute atomic E-state index is 12.2. The van der Waals surface area contributed by atoms with Gasteiger partial charge in [-0.05, 0) is 45.6 Å². The molecule has 19 heavy (non-hydrogen) atoms. The van der Waals surface area contributed by atoms with Gasteiger partial charge < -0.3 is 11.1 Å². The van der Waals surface area contributed by atoms with Crippen molar-refractivity contribution in [3.63, 3.8) is 0 Å². The number of anilines is 1. The van der Waals surface area contributed by atoms with Gasteiger partial charge in [0.2, 0.25) is 0 Å². The maximum Gasteiger partial charge on any atom is 0.266 e. The Bertz CT molecular complexity index is 655. The average molecular weight is 420 g/mol. The number of halogens is 2. The summed E-state index contributed by atoms with van der Waals surface area (Å²) in [6.45, 7) is 0. The van der Waals surface area contributed by atoms with E-state index in [1.807, 2.05) is 17.5 Å². The molecule has 0 saturated heterocycles. The van der Waals surface area contributed by atoms with E-state index in [9.17, 15) is 4.79 Å². The molecule has 7 heteroatoms. The van der Waals surface area contributed by atoms with Crippen LogP contribution in [0.3, 0.4) is 0 Å². The van der Waals surface area contributed by atoms with E-state index in [2.05, 4.69) is 37.2 Å². The Balaban J connectivity index is 2.33. The van der Waals surface area contributed by atoms with Crippen molar-refractivity contribution in [1.29, 1.82) is 0 Å². The Labute approximate surface area is 136 Å². The summed E-state index contributed by atoms with van der Waals surface area (Å²) in [4.78, 5) is 13.0. The molecule has 0 fully saturated rings. The molecule has 0 aliphatic heterocycles. The van der Waals surface area contributed by atoms with Crippen molar-refractivity contribution in [2.75, 3.05) is 5.32 Å². The Morgan fingerprint density at radius 1 is 1.32 bits per heavy atom. The van der Waals surface area contributed by atoms with E-state index < -0.39 is 0 Å². The highest BCUT2D eigenvalue weighted by Gasteiger charge is 2.14. The van der Waals surface area contributed by atoms with Gasteiger partial charge in [-0.2, -0.15) is 0 Å². The van der Waals surface area contributed by atoms with Crippen LogP contribution in [-0.4, -0.2) is 10.9 Å². The molecule has 2 aromatic rings. The minimum atomic E-state index is -0.197. The van der Waals surface area contributed by atoms with Gasteiger partial charge in [-0.15, -0.1) is 11.3 Å². The fraction of sp³-hybridized carbons (Fsp3) is 0. The third kappa shape index (κ3) is 3.42. The Kier molecular flexibility index (Phi) is 4.72. The lowest BCUT2D eigenvalue weighted by molar-refractivity contribution is 0.103. The minimum Gasteiger partial charge on any atom is -0.389 e. The first-order valence-electron chi connectivity index (χ1n) is 5.12. The topological polar surface area (TPSA) is 55.1 Å². The number of rotatable bonds is 3. The van der Waals surface area contributed by atoms with Crippen LogP contribution in [0.1, 0.15) is 15.2 Å². The monoisotopic (exact) mass is 418 g/mol. The quantitative estimate of drug-likeness (QED) is 0.734. The van der Waals surface area contributed by atoms with Crippen molar-refractivity contribution >= 4 is 72.0 Å². The molecule has 1 aromatic heterocycles. The zero-order chi connectivity index (χ0) is 14.0. The molecule has 0 bridgehead atoms. The molecule has 1 aromatic carbocycles. The van der Waals surface area contributed by atoms with Crippen molar-refractivity contribution in [3.8, 4) is 0 Å². The van der Waals surface area contributed by atoms with Crippen molar-refractivity contribution in [2.45, 2.75) is 0 Å². The van der Waals surface area contributed by atoms with Gasteiger partial charge in [0.1, 0.15) is 9.87 Å². The van der Waals surface area contributed by atoms with Gasteiger partial charge in [-0.3, -0.25) is 4.79 Å². The van der Waals surface area contributed by atoms with E-state index in [1.54, 1.807) is 12.1 Å². The molecule has 1 heterocycles. The fourth-order valence-corrected chi connectivity index (χ4v) is 3.46. The predicted molar refractivity (Wildman–Crippen MR) is 90.0 cm³/mol. The highest BCUT2D eigenvalue weighted by Crippen LogP contribution is 2.26. The second-order valence-electron chi connectivity index (χ2n) is 3.61. The number of carbonyl (C=O) groups excluding carboxylic acids is 1. The van der Waals surface area contributed by atoms with Gasteiger partial charge in [0.15, 0.2) is 0 Å². The highest BCUT2D eigenvalue weighted by molar-refractivity contribution is 9.10. The standard InChI is InChI=1S/C12H8Br2N2OS2/c13-6-1-2-7(11(15)18)9(5-6)16-12(17)10-8(14)3-4-19-10/h1-5H,(H2,15,18)(H,16,17). The van der Waals surface area contributed by atoms with Gasteiger partial charge in [0, 0.05) is 14.5 Å². The average Bonchev–Trinajstić information content (AvgIpc) is 2.75. The molecule has 2 rings (SSSR count). The Morgan fingerprint density at radius 3 is 2.63 bits per heavy atom. The second-order valence-corrected chi connectivity index (χ2v) is 6.73. The van der Waals surface area contributed by atoms with Crippen LogP contribution in [0.2, 0.25) is 0 Å². The van der Waals surface area contributed by atoms with Crippen LogP contribution >= 0.6 is 55.4 Å². The van der Waals surface area contributed by atoms with Gasteiger partial charge in [-0.1, -0.05) is 28.1 Å². The zero-order valence-corrected chi connectivity index (χ0v) is 14.2. The Morgan fingerprint density at radius 2 is 2.05 bits per heavy atom. The number of amides is 1. The van der Waals surface area contributed by atoms with Crippen LogP contribution in [0.25, 0.3) is 0 Å². The van der Waals surface area contributed by atoms with E-state index in [1.165, 1.54) is 11.3 Å². The normalized spacial score (nSPS) is 10.2. The predicted octanol–water partition coefficient (Wildman–Crippen LogP) is 4.16. The number of hydrogen-bond donors (Lipinski definition) is 2. The first kappa shape index (κ1) is 14.6. The maximum atomic E-state index is 12.2. The summed E-state index contributed by atoms with van der Waals surface area (Å²) >= 11 is 13.0.